The molecule has 1 fully saturated rings. The first-order chi connectivity index (χ1) is 14.2. The van der Waals surface area contributed by atoms with E-state index in [4.69, 9.17) is 4.74 Å². The largest absolute Gasteiger partial charge is 0.454 e. The van der Waals surface area contributed by atoms with Crippen LogP contribution in [0, 0.1) is 5.92 Å². The van der Waals surface area contributed by atoms with Gasteiger partial charge in [-0.3, -0.25) is 19.4 Å². The summed E-state index contributed by atoms with van der Waals surface area (Å²) < 4.78 is 7.71. The molecule has 1 aliphatic rings. The fourth-order valence-corrected chi connectivity index (χ4v) is 3.65. The van der Waals surface area contributed by atoms with E-state index in [0.717, 1.165) is 32.5 Å². The van der Waals surface area contributed by atoms with E-state index in [-0.39, 0.29) is 11.8 Å². The van der Waals surface area contributed by atoms with Gasteiger partial charge in [-0.05, 0) is 43.7 Å². The Balaban J connectivity index is 1.40. The molecule has 0 radical (unpaired) electrons. The van der Waals surface area contributed by atoms with Crippen LogP contribution in [0.4, 0.5) is 5.69 Å². The summed E-state index contributed by atoms with van der Waals surface area (Å²) in [5, 5.41) is 7.29. The van der Waals surface area contributed by atoms with E-state index in [9.17, 15) is 4.79 Å². The first kappa shape index (κ1) is 19.1. The minimum atomic E-state index is -0.0492. The molecule has 7 heteroatoms. The third-order valence-electron chi connectivity index (χ3n) is 5.05. The van der Waals surface area contributed by atoms with Crippen molar-refractivity contribution in [3.63, 3.8) is 0 Å². The van der Waals surface area contributed by atoms with Gasteiger partial charge >= 0.3 is 0 Å². The number of aryl methyl sites for hydroxylation is 1. The van der Waals surface area contributed by atoms with Gasteiger partial charge in [-0.2, -0.15) is 5.10 Å². The molecule has 1 aliphatic heterocycles. The number of para-hydroxylation sites is 2. The molecule has 0 aliphatic carbocycles. The molecule has 0 saturated carbocycles. The van der Waals surface area contributed by atoms with E-state index in [1.54, 1.807) is 12.4 Å². The van der Waals surface area contributed by atoms with Crippen LogP contribution < -0.4 is 10.1 Å². The van der Waals surface area contributed by atoms with Crippen LogP contribution in [-0.2, 0) is 18.4 Å². The minimum Gasteiger partial charge on any atom is -0.454 e. The molecule has 29 heavy (non-hydrogen) atoms. The number of anilines is 1. The van der Waals surface area contributed by atoms with Crippen LogP contribution in [0.2, 0.25) is 0 Å². The summed E-state index contributed by atoms with van der Waals surface area (Å²) in [5.74, 6) is 1.22. The van der Waals surface area contributed by atoms with Crippen LogP contribution in [0.3, 0.4) is 0 Å². The third-order valence-corrected chi connectivity index (χ3v) is 5.05. The van der Waals surface area contributed by atoms with Crippen LogP contribution in [0.25, 0.3) is 0 Å². The average molecular weight is 391 g/mol. The monoisotopic (exact) mass is 391 g/mol. The molecule has 7 nitrogen and oxygen atoms in total. The number of carbonyl (C=O) groups excluding carboxylic acids is 1. The van der Waals surface area contributed by atoms with Gasteiger partial charge in [0.05, 0.1) is 24.0 Å². The second kappa shape index (κ2) is 8.87. The van der Waals surface area contributed by atoms with Gasteiger partial charge in [0, 0.05) is 38.1 Å². The summed E-state index contributed by atoms with van der Waals surface area (Å²) in [5.41, 5.74) is 1.84. The molecular formula is C22H25N5O2. The number of likely N-dealkylation sites (tertiary alicyclic amines) is 1. The molecule has 3 heterocycles. The fraction of sp³-hybridized carbons (Fsp3) is 0.318. The summed E-state index contributed by atoms with van der Waals surface area (Å²) in [4.78, 5) is 19.3. The van der Waals surface area contributed by atoms with Gasteiger partial charge in [0.2, 0.25) is 5.91 Å². The van der Waals surface area contributed by atoms with Crippen molar-refractivity contribution >= 4 is 11.6 Å². The van der Waals surface area contributed by atoms with Gasteiger partial charge < -0.3 is 10.1 Å². The smallest absolute Gasteiger partial charge is 0.228 e. The maximum atomic E-state index is 13.0. The molecule has 1 saturated heterocycles. The highest BCUT2D eigenvalue weighted by molar-refractivity contribution is 5.94. The standard InChI is InChI=1S/C22H25N5O2/c1-26-14-17(12-24-26)15-27-11-5-6-18(16-27)22(28)25-20-8-2-3-9-21(20)29-19-7-4-10-23-13-19/h2-4,7-10,12-14,18H,5-6,11,15-16H2,1H3,(H,25,28)/t18-/m1/s1. The Labute approximate surface area is 170 Å². The number of carbonyl (C=O) groups is 1. The molecule has 0 unspecified atom stereocenters. The Hall–Kier alpha value is -3.19. The van der Waals surface area contributed by atoms with Gasteiger partial charge in [0.15, 0.2) is 5.75 Å². The van der Waals surface area contributed by atoms with Crippen molar-refractivity contribution in [1.29, 1.82) is 0 Å². The lowest BCUT2D eigenvalue weighted by molar-refractivity contribution is -0.121. The second-order valence-corrected chi connectivity index (χ2v) is 7.37. The molecule has 3 aromatic rings. The van der Waals surface area contributed by atoms with Crippen molar-refractivity contribution in [3.05, 3.63) is 66.7 Å². The highest BCUT2D eigenvalue weighted by Crippen LogP contribution is 2.30. The van der Waals surface area contributed by atoms with Crippen LogP contribution in [0.1, 0.15) is 18.4 Å². The van der Waals surface area contributed by atoms with Crippen molar-refractivity contribution < 1.29 is 9.53 Å². The molecule has 0 bridgehead atoms. The predicted octanol–water partition coefficient (Wildman–Crippen LogP) is 3.46. The number of hydrogen-bond donors (Lipinski definition) is 1. The Kier molecular flexibility index (Phi) is 5.86. The van der Waals surface area contributed by atoms with E-state index in [2.05, 4.69) is 20.3 Å². The van der Waals surface area contributed by atoms with Crippen molar-refractivity contribution in [2.45, 2.75) is 19.4 Å². The van der Waals surface area contributed by atoms with Crippen molar-refractivity contribution in [2.75, 3.05) is 18.4 Å². The average Bonchev–Trinajstić information content (AvgIpc) is 3.15. The van der Waals surface area contributed by atoms with Crippen LogP contribution in [0.5, 0.6) is 11.5 Å². The summed E-state index contributed by atoms with van der Waals surface area (Å²) in [6, 6.07) is 11.1. The van der Waals surface area contributed by atoms with Gasteiger partial charge in [0.1, 0.15) is 5.75 Å². The number of aromatic nitrogens is 3. The normalized spacial score (nSPS) is 17.1. The number of rotatable bonds is 6. The Morgan fingerprint density at radius 3 is 2.93 bits per heavy atom. The number of ether oxygens (including phenoxy) is 1. The van der Waals surface area contributed by atoms with Gasteiger partial charge in [0.25, 0.3) is 0 Å². The van der Waals surface area contributed by atoms with Crippen molar-refractivity contribution in [2.24, 2.45) is 13.0 Å². The maximum absolute atomic E-state index is 13.0. The van der Waals surface area contributed by atoms with E-state index >= 15 is 0 Å². The number of piperidine rings is 1. The highest BCUT2D eigenvalue weighted by atomic mass is 16.5. The lowest BCUT2D eigenvalue weighted by atomic mass is 9.96. The SMILES string of the molecule is Cn1cc(CN2CCC[C@@H](C(=O)Nc3ccccc3Oc3cccnc3)C2)cn1. The van der Waals surface area contributed by atoms with Gasteiger partial charge in [-0.15, -0.1) is 0 Å². The lowest BCUT2D eigenvalue weighted by Crippen LogP contribution is -2.40. The zero-order valence-corrected chi connectivity index (χ0v) is 16.5. The molecule has 2 aromatic heterocycles. The Morgan fingerprint density at radius 1 is 1.24 bits per heavy atom. The third kappa shape index (κ3) is 5.00. The summed E-state index contributed by atoms with van der Waals surface area (Å²) in [7, 11) is 1.92. The summed E-state index contributed by atoms with van der Waals surface area (Å²) >= 11 is 0. The van der Waals surface area contributed by atoms with E-state index < -0.39 is 0 Å². The Morgan fingerprint density at radius 2 is 2.14 bits per heavy atom. The zero-order valence-electron chi connectivity index (χ0n) is 16.5. The summed E-state index contributed by atoms with van der Waals surface area (Å²) in [6.07, 6.45) is 9.15. The first-order valence-corrected chi connectivity index (χ1v) is 9.85. The number of pyridine rings is 1. The topological polar surface area (TPSA) is 72.3 Å². The molecule has 1 N–H and O–H groups in total. The number of benzene rings is 1. The second-order valence-electron chi connectivity index (χ2n) is 7.37. The van der Waals surface area contributed by atoms with Crippen LogP contribution in [-0.4, -0.2) is 38.7 Å². The molecule has 4 rings (SSSR count). The number of nitrogens with zero attached hydrogens (tertiary/aromatic N) is 4. The van der Waals surface area contributed by atoms with E-state index in [1.807, 2.05) is 60.5 Å². The fourth-order valence-electron chi connectivity index (χ4n) is 3.65. The maximum Gasteiger partial charge on any atom is 0.228 e. The zero-order chi connectivity index (χ0) is 20.1. The number of hydrogen-bond acceptors (Lipinski definition) is 5. The Bertz CT molecular complexity index is 957. The van der Waals surface area contributed by atoms with Crippen LogP contribution >= 0.6 is 0 Å². The van der Waals surface area contributed by atoms with Crippen molar-refractivity contribution in [3.8, 4) is 11.5 Å². The molecule has 1 atom stereocenters. The summed E-state index contributed by atoms with van der Waals surface area (Å²) in [6.45, 7) is 2.56. The highest BCUT2D eigenvalue weighted by Gasteiger charge is 2.26. The van der Waals surface area contributed by atoms with Crippen molar-refractivity contribution in [1.82, 2.24) is 19.7 Å². The molecule has 0 spiro atoms. The predicted molar refractivity (Wildman–Crippen MR) is 111 cm³/mol. The molecule has 1 amide bonds. The minimum absolute atomic E-state index is 0.0307. The van der Waals surface area contributed by atoms with Gasteiger partial charge in [-0.25, -0.2) is 0 Å². The quantitative estimate of drug-likeness (QED) is 0.697. The number of nitrogens with one attached hydrogen (secondary N) is 1. The number of amides is 1. The first-order valence-electron chi connectivity index (χ1n) is 9.85. The van der Waals surface area contributed by atoms with E-state index in [0.29, 0.717) is 17.2 Å². The van der Waals surface area contributed by atoms with E-state index in [1.165, 1.54) is 5.56 Å². The lowest BCUT2D eigenvalue weighted by Gasteiger charge is -2.31. The van der Waals surface area contributed by atoms with Gasteiger partial charge in [-0.1, -0.05) is 12.1 Å². The van der Waals surface area contributed by atoms with Crippen LogP contribution in [0.15, 0.2) is 61.2 Å². The molecular weight excluding hydrogens is 366 g/mol. The molecule has 150 valence electrons. The molecule has 1 aromatic carbocycles.